The van der Waals surface area contributed by atoms with Crippen molar-refractivity contribution in [3.63, 3.8) is 0 Å². The van der Waals surface area contributed by atoms with Gasteiger partial charge in [0.1, 0.15) is 0 Å². The quantitative estimate of drug-likeness (QED) is 0.345. The molecule has 1 atom stereocenters. The fraction of sp³-hybridized carbons (Fsp3) is 1.00. The van der Waals surface area contributed by atoms with Crippen molar-refractivity contribution in [3.8, 4) is 0 Å². The van der Waals surface area contributed by atoms with Gasteiger partial charge in [0.15, 0.2) is 0 Å². The molecule has 0 saturated carbocycles. The highest BCUT2D eigenvalue weighted by atomic mass is 31.2. The summed E-state index contributed by atoms with van der Waals surface area (Å²) in [4.78, 5) is 35.4. The predicted octanol–water partition coefficient (Wildman–Crippen LogP) is -1.26. The minimum Gasteiger partial charge on any atom is -0.366 e. The molecule has 1 heterocycles. The molecule has 0 unspecified atom stereocenters. The maximum atomic E-state index is 11.0. The molecule has 0 aromatic carbocycles. The summed E-state index contributed by atoms with van der Waals surface area (Å²) in [5.74, 6) is 0. The molecule has 0 spiro atoms. The van der Waals surface area contributed by atoms with Gasteiger partial charge < -0.3 is 30.0 Å². The van der Waals surface area contributed by atoms with Crippen LogP contribution in [-0.4, -0.2) is 42.3 Å². The Morgan fingerprint density at radius 3 is 1.87 bits per heavy atom. The van der Waals surface area contributed by atoms with Crippen LogP contribution in [0.1, 0.15) is 12.8 Å². The molecule has 10 heteroatoms. The lowest BCUT2D eigenvalue weighted by Crippen LogP contribution is -2.47. The Morgan fingerprint density at radius 1 is 1.13 bits per heavy atom. The van der Waals surface area contributed by atoms with Crippen molar-refractivity contribution in [2.75, 3.05) is 6.54 Å². The first-order chi connectivity index (χ1) is 6.61. The third-order valence-electron chi connectivity index (χ3n) is 2.39. The SMILES string of the molecule is O=P(O)(O)C(O)([C@@H]1CCCN1)P(=O)(O)O. The Morgan fingerprint density at radius 2 is 1.60 bits per heavy atom. The highest BCUT2D eigenvalue weighted by Gasteiger charge is 2.64. The fourth-order valence-corrected chi connectivity index (χ4v) is 4.20. The van der Waals surface area contributed by atoms with Gasteiger partial charge in [0.2, 0.25) is 0 Å². The van der Waals surface area contributed by atoms with Crippen molar-refractivity contribution >= 4 is 15.2 Å². The van der Waals surface area contributed by atoms with E-state index in [9.17, 15) is 14.2 Å². The van der Waals surface area contributed by atoms with Gasteiger partial charge in [-0.05, 0) is 19.4 Å². The molecule has 1 saturated heterocycles. The molecular formula is C5H13NO7P2. The van der Waals surface area contributed by atoms with Crippen molar-refractivity contribution in [3.05, 3.63) is 0 Å². The number of rotatable bonds is 3. The second kappa shape index (κ2) is 3.91. The van der Waals surface area contributed by atoms with Crippen molar-refractivity contribution < 1.29 is 33.8 Å². The molecule has 1 aliphatic heterocycles. The van der Waals surface area contributed by atoms with Crippen molar-refractivity contribution in [2.24, 2.45) is 0 Å². The lowest BCUT2D eigenvalue weighted by molar-refractivity contribution is 0.101. The second-order valence-electron chi connectivity index (χ2n) is 3.42. The zero-order chi connectivity index (χ0) is 11.9. The number of hydrogen-bond acceptors (Lipinski definition) is 4. The van der Waals surface area contributed by atoms with E-state index in [0.717, 1.165) is 0 Å². The molecule has 15 heavy (non-hydrogen) atoms. The predicted molar refractivity (Wildman–Crippen MR) is 50.1 cm³/mol. The minimum absolute atomic E-state index is 0.104. The third-order valence-corrected chi connectivity index (χ3v) is 6.29. The highest BCUT2D eigenvalue weighted by molar-refractivity contribution is 7.72. The van der Waals surface area contributed by atoms with Crippen molar-refractivity contribution in [1.82, 2.24) is 5.32 Å². The maximum absolute atomic E-state index is 11.0. The van der Waals surface area contributed by atoms with Gasteiger partial charge in [0, 0.05) is 0 Å². The lowest BCUT2D eigenvalue weighted by atomic mass is 10.2. The summed E-state index contributed by atoms with van der Waals surface area (Å²) in [5, 5.41) is 8.75. The van der Waals surface area contributed by atoms with Crippen LogP contribution in [0.3, 0.4) is 0 Å². The molecule has 6 N–H and O–H groups in total. The summed E-state index contributed by atoms with van der Waals surface area (Å²) < 4.78 is 22.0. The average molecular weight is 261 g/mol. The van der Waals surface area contributed by atoms with Crippen molar-refractivity contribution in [1.29, 1.82) is 0 Å². The Hall–Kier alpha value is 0.220. The molecule has 0 aromatic heterocycles. The zero-order valence-electron chi connectivity index (χ0n) is 7.65. The van der Waals surface area contributed by atoms with E-state index in [1.807, 2.05) is 0 Å². The third kappa shape index (κ3) is 2.18. The summed E-state index contributed by atoms with van der Waals surface area (Å²) >= 11 is 0. The Balaban J connectivity index is 3.18. The van der Waals surface area contributed by atoms with Crippen LogP contribution in [0, 0.1) is 0 Å². The van der Waals surface area contributed by atoms with E-state index in [1.165, 1.54) is 0 Å². The normalized spacial score (nSPS) is 24.5. The van der Waals surface area contributed by atoms with E-state index in [0.29, 0.717) is 13.0 Å². The molecule has 1 rings (SSSR count). The van der Waals surface area contributed by atoms with Gasteiger partial charge in [0.05, 0.1) is 6.04 Å². The molecule has 0 bridgehead atoms. The van der Waals surface area contributed by atoms with E-state index >= 15 is 0 Å². The van der Waals surface area contributed by atoms with Gasteiger partial charge >= 0.3 is 15.2 Å². The minimum atomic E-state index is -5.33. The molecule has 0 aliphatic carbocycles. The van der Waals surface area contributed by atoms with Crippen LogP contribution in [0.4, 0.5) is 0 Å². The van der Waals surface area contributed by atoms with Gasteiger partial charge in [-0.25, -0.2) is 0 Å². The Kier molecular flexibility index (Phi) is 3.46. The first-order valence-electron chi connectivity index (χ1n) is 4.18. The average Bonchev–Trinajstić information content (AvgIpc) is 2.49. The Bertz CT molecular complexity index is 304. The van der Waals surface area contributed by atoms with Crippen LogP contribution in [0.2, 0.25) is 0 Å². The van der Waals surface area contributed by atoms with E-state index in [2.05, 4.69) is 5.32 Å². The highest BCUT2D eigenvalue weighted by Crippen LogP contribution is 2.69. The molecule has 90 valence electrons. The number of hydrogen-bond donors (Lipinski definition) is 6. The topological polar surface area (TPSA) is 147 Å². The number of nitrogens with one attached hydrogen (secondary N) is 1. The van der Waals surface area contributed by atoms with Crippen LogP contribution < -0.4 is 5.32 Å². The van der Waals surface area contributed by atoms with Crippen LogP contribution in [0.25, 0.3) is 0 Å². The van der Waals surface area contributed by atoms with E-state index in [1.54, 1.807) is 0 Å². The lowest BCUT2D eigenvalue weighted by Gasteiger charge is -2.34. The fourth-order valence-electron chi connectivity index (χ4n) is 1.59. The summed E-state index contributed by atoms with van der Waals surface area (Å²) in [6.45, 7) is 0.354. The van der Waals surface area contributed by atoms with Crippen LogP contribution >= 0.6 is 15.2 Å². The van der Waals surface area contributed by atoms with Gasteiger partial charge in [-0.1, -0.05) is 0 Å². The molecule has 8 nitrogen and oxygen atoms in total. The second-order valence-corrected chi connectivity index (χ2v) is 7.32. The van der Waals surface area contributed by atoms with Crippen LogP contribution in [0.5, 0.6) is 0 Å². The van der Waals surface area contributed by atoms with Crippen LogP contribution in [0.15, 0.2) is 0 Å². The van der Waals surface area contributed by atoms with Crippen LogP contribution in [-0.2, 0) is 9.13 Å². The van der Waals surface area contributed by atoms with Gasteiger partial charge in [0.25, 0.3) is 5.08 Å². The standard InChI is InChI=1S/C5H13NO7P2/c7-5(14(8,9)10,15(11,12)13)4-2-1-3-6-4/h4,6-7H,1-3H2,(H2,8,9,10)(H2,11,12,13)/t4-/m0/s1. The summed E-state index contributed by atoms with van der Waals surface area (Å²) in [6, 6.07) is -1.29. The molecule has 1 aliphatic rings. The molecule has 1 fully saturated rings. The summed E-state index contributed by atoms with van der Waals surface area (Å²) in [7, 11) is -10.7. The summed E-state index contributed by atoms with van der Waals surface area (Å²) in [6.07, 6.45) is 0.597. The largest absolute Gasteiger partial charge is 0.371 e. The zero-order valence-corrected chi connectivity index (χ0v) is 9.43. The molecule has 0 amide bonds. The van der Waals surface area contributed by atoms with E-state index in [-0.39, 0.29) is 6.42 Å². The molecule has 0 radical (unpaired) electrons. The van der Waals surface area contributed by atoms with Gasteiger partial charge in [-0.15, -0.1) is 0 Å². The molecular weight excluding hydrogens is 248 g/mol. The van der Waals surface area contributed by atoms with Crippen molar-refractivity contribution in [2.45, 2.75) is 24.0 Å². The first kappa shape index (κ1) is 13.3. The van der Waals surface area contributed by atoms with Gasteiger partial charge in [-0.3, -0.25) is 9.13 Å². The smallest absolute Gasteiger partial charge is 0.366 e. The van der Waals surface area contributed by atoms with Gasteiger partial charge in [-0.2, -0.15) is 0 Å². The summed E-state index contributed by atoms with van der Waals surface area (Å²) in [5.41, 5.74) is 0. The Labute approximate surface area is 85.6 Å². The first-order valence-corrected chi connectivity index (χ1v) is 7.40. The van der Waals surface area contributed by atoms with E-state index < -0.39 is 26.3 Å². The maximum Gasteiger partial charge on any atom is 0.371 e. The monoisotopic (exact) mass is 261 g/mol. The van der Waals surface area contributed by atoms with E-state index in [4.69, 9.17) is 19.6 Å². The molecule has 0 aromatic rings. The number of aliphatic hydroxyl groups is 1.